The highest BCUT2D eigenvalue weighted by Crippen LogP contribution is 2.26. The molecule has 4 nitrogen and oxygen atoms in total. The first-order chi connectivity index (χ1) is 7.83. The standard InChI is InChI=1S/C12H15N3O/c1-8-6-10-12(13-7-8)15-11(14-10)9-2-4-16-5-3-9/h6-7,9H,2-5H2,1H3,(H,13,14,15). The number of aromatic amines is 1. The Bertz CT molecular complexity index is 500. The lowest BCUT2D eigenvalue weighted by molar-refractivity contribution is 0.0838. The molecule has 1 fully saturated rings. The van der Waals surface area contributed by atoms with Crippen LogP contribution in [-0.4, -0.2) is 28.2 Å². The van der Waals surface area contributed by atoms with Crippen molar-refractivity contribution in [2.24, 2.45) is 0 Å². The lowest BCUT2D eigenvalue weighted by atomic mass is 10.00. The summed E-state index contributed by atoms with van der Waals surface area (Å²) in [6.45, 7) is 3.73. The van der Waals surface area contributed by atoms with E-state index in [2.05, 4.69) is 21.0 Å². The van der Waals surface area contributed by atoms with Crippen molar-refractivity contribution in [2.75, 3.05) is 13.2 Å². The van der Waals surface area contributed by atoms with Crippen LogP contribution in [0.4, 0.5) is 0 Å². The normalized spacial score (nSPS) is 18.1. The van der Waals surface area contributed by atoms with Crippen molar-refractivity contribution >= 4 is 11.2 Å². The van der Waals surface area contributed by atoms with Crippen molar-refractivity contribution in [2.45, 2.75) is 25.7 Å². The Kier molecular flexibility index (Phi) is 2.36. The van der Waals surface area contributed by atoms with Gasteiger partial charge in [0.15, 0.2) is 5.65 Å². The first kappa shape index (κ1) is 9.78. The van der Waals surface area contributed by atoms with Crippen LogP contribution < -0.4 is 0 Å². The van der Waals surface area contributed by atoms with Crippen LogP contribution in [0.25, 0.3) is 11.2 Å². The molecule has 0 saturated carbocycles. The Labute approximate surface area is 94.1 Å². The van der Waals surface area contributed by atoms with E-state index in [-0.39, 0.29) is 0 Å². The van der Waals surface area contributed by atoms with Gasteiger partial charge in [0.2, 0.25) is 0 Å². The van der Waals surface area contributed by atoms with Crippen LogP contribution in [0.15, 0.2) is 12.3 Å². The molecule has 1 aliphatic heterocycles. The van der Waals surface area contributed by atoms with Crippen molar-refractivity contribution in [3.05, 3.63) is 23.7 Å². The van der Waals surface area contributed by atoms with Crippen LogP contribution in [-0.2, 0) is 4.74 Å². The van der Waals surface area contributed by atoms with Crippen LogP contribution in [0.3, 0.4) is 0 Å². The van der Waals surface area contributed by atoms with Crippen molar-refractivity contribution < 1.29 is 4.74 Å². The molecule has 4 heteroatoms. The van der Waals surface area contributed by atoms with E-state index in [9.17, 15) is 0 Å². The van der Waals surface area contributed by atoms with E-state index in [1.54, 1.807) is 0 Å². The predicted octanol–water partition coefficient (Wildman–Crippen LogP) is 2.16. The van der Waals surface area contributed by atoms with Crippen LogP contribution in [0, 0.1) is 6.92 Å². The highest BCUT2D eigenvalue weighted by Gasteiger charge is 2.19. The molecule has 1 N–H and O–H groups in total. The molecule has 0 atom stereocenters. The number of nitrogens with zero attached hydrogens (tertiary/aromatic N) is 2. The lowest BCUT2D eigenvalue weighted by Crippen LogP contribution is -2.15. The number of hydrogen-bond acceptors (Lipinski definition) is 3. The lowest BCUT2D eigenvalue weighted by Gasteiger charge is -2.19. The number of H-pyrrole nitrogens is 1. The van der Waals surface area contributed by atoms with E-state index < -0.39 is 0 Å². The molecule has 2 aromatic rings. The van der Waals surface area contributed by atoms with E-state index in [1.165, 1.54) is 0 Å². The highest BCUT2D eigenvalue weighted by atomic mass is 16.5. The fraction of sp³-hybridized carbons (Fsp3) is 0.500. The van der Waals surface area contributed by atoms with Gasteiger partial charge < -0.3 is 9.72 Å². The Morgan fingerprint density at radius 1 is 1.38 bits per heavy atom. The van der Waals surface area contributed by atoms with Gasteiger partial charge in [-0.2, -0.15) is 0 Å². The number of nitrogens with one attached hydrogen (secondary N) is 1. The van der Waals surface area contributed by atoms with Gasteiger partial charge >= 0.3 is 0 Å². The van der Waals surface area contributed by atoms with Gasteiger partial charge in [-0.05, 0) is 31.4 Å². The number of ether oxygens (including phenoxy) is 1. The van der Waals surface area contributed by atoms with E-state index in [0.29, 0.717) is 5.92 Å². The van der Waals surface area contributed by atoms with Gasteiger partial charge in [0.05, 0.1) is 5.52 Å². The summed E-state index contributed by atoms with van der Waals surface area (Å²) in [6, 6.07) is 2.10. The molecule has 1 aliphatic rings. The summed E-state index contributed by atoms with van der Waals surface area (Å²) in [4.78, 5) is 12.3. The predicted molar refractivity (Wildman–Crippen MR) is 61.4 cm³/mol. The van der Waals surface area contributed by atoms with E-state index >= 15 is 0 Å². The number of aryl methyl sites for hydroxylation is 1. The summed E-state index contributed by atoms with van der Waals surface area (Å²) in [5.41, 5.74) is 3.03. The smallest absolute Gasteiger partial charge is 0.177 e. The molecule has 2 aromatic heterocycles. The van der Waals surface area contributed by atoms with Gasteiger partial charge in [-0.15, -0.1) is 0 Å². The summed E-state index contributed by atoms with van der Waals surface area (Å²) in [5.74, 6) is 1.57. The quantitative estimate of drug-likeness (QED) is 0.796. The van der Waals surface area contributed by atoms with Crippen molar-refractivity contribution in [1.29, 1.82) is 0 Å². The molecular weight excluding hydrogens is 202 g/mol. The number of hydrogen-bond donors (Lipinski definition) is 1. The third-order valence-corrected chi connectivity index (χ3v) is 3.10. The third kappa shape index (κ3) is 1.69. The van der Waals surface area contributed by atoms with Gasteiger partial charge in [-0.1, -0.05) is 0 Å². The maximum Gasteiger partial charge on any atom is 0.177 e. The van der Waals surface area contributed by atoms with Crippen LogP contribution in [0.2, 0.25) is 0 Å². The van der Waals surface area contributed by atoms with Gasteiger partial charge in [0.25, 0.3) is 0 Å². The number of rotatable bonds is 1. The summed E-state index contributed by atoms with van der Waals surface area (Å²) >= 11 is 0. The Morgan fingerprint density at radius 3 is 3.00 bits per heavy atom. The molecule has 84 valence electrons. The summed E-state index contributed by atoms with van der Waals surface area (Å²) < 4.78 is 5.36. The molecule has 0 aromatic carbocycles. The van der Waals surface area contributed by atoms with Crippen LogP contribution >= 0.6 is 0 Å². The molecule has 0 bridgehead atoms. The second-order valence-corrected chi connectivity index (χ2v) is 4.39. The Morgan fingerprint density at radius 2 is 2.19 bits per heavy atom. The molecule has 16 heavy (non-hydrogen) atoms. The minimum Gasteiger partial charge on any atom is -0.381 e. The molecule has 0 aliphatic carbocycles. The molecular formula is C12H15N3O. The molecule has 3 rings (SSSR count). The summed E-state index contributed by atoms with van der Waals surface area (Å²) in [7, 11) is 0. The molecule has 0 unspecified atom stereocenters. The molecule has 3 heterocycles. The highest BCUT2D eigenvalue weighted by molar-refractivity contribution is 5.71. The zero-order chi connectivity index (χ0) is 11.0. The molecule has 0 amide bonds. The molecule has 0 spiro atoms. The summed E-state index contributed by atoms with van der Waals surface area (Å²) in [6.07, 6.45) is 3.97. The largest absolute Gasteiger partial charge is 0.381 e. The Hall–Kier alpha value is -1.42. The fourth-order valence-corrected chi connectivity index (χ4v) is 2.19. The van der Waals surface area contributed by atoms with Crippen LogP contribution in [0.5, 0.6) is 0 Å². The van der Waals surface area contributed by atoms with Crippen molar-refractivity contribution in [3.63, 3.8) is 0 Å². The maximum atomic E-state index is 5.36. The second-order valence-electron chi connectivity index (χ2n) is 4.39. The average molecular weight is 217 g/mol. The average Bonchev–Trinajstić information content (AvgIpc) is 2.73. The van der Waals surface area contributed by atoms with Gasteiger partial charge in [-0.3, -0.25) is 0 Å². The van der Waals surface area contributed by atoms with Crippen LogP contribution in [0.1, 0.15) is 30.1 Å². The topological polar surface area (TPSA) is 50.8 Å². The first-order valence-electron chi connectivity index (χ1n) is 5.73. The fourth-order valence-electron chi connectivity index (χ4n) is 2.19. The van der Waals surface area contributed by atoms with Crippen molar-refractivity contribution in [3.8, 4) is 0 Å². The van der Waals surface area contributed by atoms with Gasteiger partial charge in [0, 0.05) is 25.3 Å². The Balaban J connectivity index is 1.97. The third-order valence-electron chi connectivity index (χ3n) is 3.10. The van der Waals surface area contributed by atoms with E-state index in [1.807, 2.05) is 13.1 Å². The monoisotopic (exact) mass is 217 g/mol. The minimum atomic E-state index is 0.503. The van der Waals surface area contributed by atoms with E-state index in [0.717, 1.165) is 48.6 Å². The number of aromatic nitrogens is 3. The van der Waals surface area contributed by atoms with Crippen molar-refractivity contribution in [1.82, 2.24) is 15.0 Å². The van der Waals surface area contributed by atoms with E-state index in [4.69, 9.17) is 4.74 Å². The minimum absolute atomic E-state index is 0.503. The zero-order valence-electron chi connectivity index (χ0n) is 9.36. The first-order valence-corrected chi connectivity index (χ1v) is 5.73. The number of fused-ring (bicyclic) bond motifs is 1. The maximum absolute atomic E-state index is 5.36. The number of imidazole rings is 1. The second kappa shape index (κ2) is 3.87. The summed E-state index contributed by atoms with van der Waals surface area (Å²) in [5, 5.41) is 0. The van der Waals surface area contributed by atoms with Gasteiger partial charge in [0.1, 0.15) is 5.82 Å². The number of pyridine rings is 1. The SMILES string of the molecule is Cc1cnc2nc(C3CCOCC3)[nH]c2c1. The zero-order valence-corrected chi connectivity index (χ0v) is 9.36. The molecule has 0 radical (unpaired) electrons. The molecule has 1 saturated heterocycles. The van der Waals surface area contributed by atoms with Gasteiger partial charge in [-0.25, -0.2) is 9.97 Å².